The Balaban J connectivity index is 2.67. The van der Waals surface area contributed by atoms with Crippen LogP contribution in [-0.2, 0) is 0 Å². The molecule has 1 rings (SSSR count). The van der Waals surface area contributed by atoms with Crippen molar-refractivity contribution in [1.29, 1.82) is 0 Å². The van der Waals surface area contributed by atoms with Gasteiger partial charge in [-0.2, -0.15) is 0 Å². The second-order valence-corrected chi connectivity index (χ2v) is 4.12. The third kappa shape index (κ3) is 0.275. The first-order chi connectivity index (χ1) is 2.00. The van der Waals surface area contributed by atoms with Gasteiger partial charge in [0.2, 0.25) is 0 Å². The van der Waals surface area contributed by atoms with E-state index in [0.717, 1.165) is 0 Å². The molecule has 0 bridgehead atoms. The Morgan fingerprint density at radius 3 is 1.75 bits per heavy atom. The molecule has 0 atom stereocenters. The van der Waals surface area contributed by atoms with Crippen molar-refractivity contribution in [3.05, 3.63) is 9.86 Å². The number of hydrogen-bond acceptors (Lipinski definition) is 0. The number of allylic oxidation sites excluding steroid dienone is 1. The van der Waals surface area contributed by atoms with Crippen molar-refractivity contribution < 1.29 is 0 Å². The molecule has 0 aromatic carbocycles. The van der Waals surface area contributed by atoms with Crippen molar-refractivity contribution >= 4 is 26.5 Å². The van der Waals surface area contributed by atoms with E-state index >= 15 is 0 Å². The first kappa shape index (κ1) is 2.72. The van der Waals surface area contributed by atoms with E-state index in [1.807, 2.05) is 0 Å². The molecule has 0 spiro atoms. The van der Waals surface area contributed by atoms with Crippen molar-refractivity contribution in [3.63, 3.8) is 0 Å². The summed E-state index contributed by atoms with van der Waals surface area (Å²) in [6, 6.07) is 0. The van der Waals surface area contributed by atoms with E-state index in [-0.39, 0.29) is 22.8 Å². The van der Waals surface area contributed by atoms with Crippen LogP contribution in [0.5, 0.6) is 0 Å². The molecule has 4 heavy (non-hydrogen) atoms. The average molecular weight is 248 g/mol. The van der Waals surface area contributed by atoms with Crippen molar-refractivity contribution in [2.45, 2.75) is 0 Å². The summed E-state index contributed by atoms with van der Waals surface area (Å²) >= 11 is 0.0309. The van der Waals surface area contributed by atoms with Crippen LogP contribution < -0.4 is 0 Å². The number of rotatable bonds is 0. The minimum atomic E-state index is 0.0309. The molecular weight excluding hydrogens is 245 g/mol. The van der Waals surface area contributed by atoms with Gasteiger partial charge in [-0.1, -0.05) is 0 Å². The van der Waals surface area contributed by atoms with Crippen LogP contribution in [0.2, 0.25) is 0 Å². The van der Waals surface area contributed by atoms with E-state index in [9.17, 15) is 0 Å². The second kappa shape index (κ2) is 1.08. The van der Waals surface area contributed by atoms with Gasteiger partial charge in [0.15, 0.2) is 0 Å². The van der Waals surface area contributed by atoms with Crippen LogP contribution in [0, 0.1) is 0 Å². The van der Waals surface area contributed by atoms with Crippen LogP contribution in [0.4, 0.5) is 0 Å². The molecule has 1 aliphatic rings. The van der Waals surface area contributed by atoms with Gasteiger partial charge in [0.05, 0.1) is 0 Å². The summed E-state index contributed by atoms with van der Waals surface area (Å²) in [6.07, 6.45) is 2.14. The Kier molecular flexibility index (Phi) is 0.730. The first-order valence-corrected chi connectivity index (χ1v) is 5.20. The molecule has 0 saturated carbocycles. The molecular formula is C3H3Bi. The van der Waals surface area contributed by atoms with Crippen molar-refractivity contribution in [1.82, 2.24) is 0 Å². The van der Waals surface area contributed by atoms with Crippen LogP contribution >= 0.6 is 0 Å². The molecule has 0 nitrogen and oxygen atoms in total. The molecule has 0 aliphatic carbocycles. The molecule has 1 aliphatic heterocycles. The van der Waals surface area contributed by atoms with Gasteiger partial charge in [0.25, 0.3) is 0 Å². The van der Waals surface area contributed by atoms with Gasteiger partial charge in [-0.15, -0.1) is 0 Å². The monoisotopic (exact) mass is 248 g/mol. The van der Waals surface area contributed by atoms with Gasteiger partial charge in [-0.25, -0.2) is 0 Å². The first-order valence-electron chi connectivity index (χ1n) is 1.18. The summed E-state index contributed by atoms with van der Waals surface area (Å²) in [7, 11) is 0. The summed E-state index contributed by atoms with van der Waals surface area (Å²) in [5, 5.41) is 0. The van der Waals surface area contributed by atoms with Crippen molar-refractivity contribution in [2.75, 3.05) is 0 Å². The molecule has 0 N–H and O–H groups in total. The van der Waals surface area contributed by atoms with Gasteiger partial charge in [-0.05, 0) is 0 Å². The van der Waals surface area contributed by atoms with E-state index in [4.69, 9.17) is 0 Å². The molecule has 20 valence electrons. The molecule has 0 unspecified atom stereocenters. The molecule has 0 aromatic heterocycles. The zero-order chi connectivity index (χ0) is 2.83. The fourth-order valence-electron chi connectivity index (χ4n) is 0.0861. The SMILES string of the molecule is C1=[CH][Bi]=[CH]1. The third-order valence-electron chi connectivity index (χ3n) is 0.344. The molecule has 0 amide bonds. The summed E-state index contributed by atoms with van der Waals surface area (Å²) in [4.78, 5) is 0. The Morgan fingerprint density at radius 1 is 1.50 bits per heavy atom. The molecule has 0 radical (unpaired) electrons. The zero-order valence-electron chi connectivity index (χ0n) is 2.18. The van der Waals surface area contributed by atoms with Gasteiger partial charge < -0.3 is 0 Å². The Bertz CT molecular complexity index is 43.7. The van der Waals surface area contributed by atoms with E-state index in [0.29, 0.717) is 0 Å². The van der Waals surface area contributed by atoms with Crippen LogP contribution in [0.15, 0.2) is 9.86 Å². The molecule has 0 saturated heterocycles. The topological polar surface area (TPSA) is 0 Å². The van der Waals surface area contributed by atoms with Crippen LogP contribution in [0.3, 0.4) is 0 Å². The third-order valence-corrected chi connectivity index (χ3v) is 3.02. The Hall–Kier alpha value is 0.493. The van der Waals surface area contributed by atoms with E-state index in [1.165, 1.54) is 0 Å². The average Bonchev–Trinajstić information content (AvgIpc) is 0.722. The van der Waals surface area contributed by atoms with E-state index in [1.54, 1.807) is 0 Å². The standard InChI is InChI=1S/C3H3.Bi/c1-3-2;/h1-3H;. The fourth-order valence-corrected chi connectivity index (χ4v) is 0.755. The summed E-state index contributed by atoms with van der Waals surface area (Å²) in [5.41, 5.74) is 0. The van der Waals surface area contributed by atoms with E-state index < -0.39 is 0 Å². The Labute approximate surface area is 36.6 Å². The van der Waals surface area contributed by atoms with Crippen LogP contribution in [0.25, 0.3) is 0 Å². The maximum absolute atomic E-state index is 2.31. The summed E-state index contributed by atoms with van der Waals surface area (Å²) < 4.78 is 4.61. The number of hydrogen-bond donors (Lipinski definition) is 0. The zero-order valence-corrected chi connectivity index (χ0v) is 5.66. The molecule has 0 fully saturated rings. The maximum atomic E-state index is 2.31. The van der Waals surface area contributed by atoms with Gasteiger partial charge in [0.1, 0.15) is 0 Å². The van der Waals surface area contributed by atoms with E-state index in [2.05, 4.69) is 13.6 Å². The predicted molar refractivity (Wildman–Crippen MR) is 21.0 cm³/mol. The van der Waals surface area contributed by atoms with Crippen LogP contribution in [0.1, 0.15) is 0 Å². The fraction of sp³-hybridized carbons (Fsp3) is 0. The summed E-state index contributed by atoms with van der Waals surface area (Å²) in [5.74, 6) is 0. The molecule has 0 aromatic rings. The summed E-state index contributed by atoms with van der Waals surface area (Å²) in [6.45, 7) is 0. The molecule has 1 heterocycles. The quantitative estimate of drug-likeness (QED) is 0.530. The molecule has 1 heteroatoms. The predicted octanol–water partition coefficient (Wildman–Crippen LogP) is 0.0201. The second-order valence-electron chi connectivity index (χ2n) is 0.640. The van der Waals surface area contributed by atoms with Gasteiger partial charge in [0, 0.05) is 0 Å². The van der Waals surface area contributed by atoms with Crippen LogP contribution in [-0.4, -0.2) is 26.5 Å². The van der Waals surface area contributed by atoms with Gasteiger partial charge >= 0.3 is 36.3 Å². The Morgan fingerprint density at radius 2 is 1.75 bits per heavy atom. The minimum absolute atomic E-state index is 0.0309. The normalized spacial score (nSPS) is 16.0. The van der Waals surface area contributed by atoms with Gasteiger partial charge in [-0.3, -0.25) is 0 Å². The van der Waals surface area contributed by atoms with Crippen molar-refractivity contribution in [3.8, 4) is 0 Å². The van der Waals surface area contributed by atoms with Crippen molar-refractivity contribution in [2.24, 2.45) is 0 Å².